The molecule has 1 amide bonds. The second-order valence-corrected chi connectivity index (χ2v) is 5.61. The predicted molar refractivity (Wildman–Crippen MR) is 80.4 cm³/mol. The summed E-state index contributed by atoms with van der Waals surface area (Å²) in [6.07, 6.45) is 2.07. The van der Waals surface area contributed by atoms with Gasteiger partial charge in [0.2, 0.25) is 0 Å². The minimum Gasteiger partial charge on any atom is -0.341 e. The first-order valence-corrected chi connectivity index (χ1v) is 7.21. The fourth-order valence-electron chi connectivity index (χ4n) is 2.81. The molecule has 2 rings (SSSR count). The Morgan fingerprint density at radius 3 is 2.71 bits per heavy atom. The zero-order valence-electron chi connectivity index (χ0n) is 12.5. The Bertz CT molecular complexity index is 539. The molecule has 0 aromatic heterocycles. The molecular formula is C15H21N3O3. The van der Waals surface area contributed by atoms with Crippen LogP contribution in [0.25, 0.3) is 0 Å². The number of benzene rings is 1. The molecule has 1 aliphatic heterocycles. The number of hydrogen-bond acceptors (Lipinski definition) is 4. The standard InChI is InChI=1S/C15H21N3O3/c1-11-4-3-5-13(14(11)18(20)21)15(19)17(2)10-12-6-8-16-9-7-12/h3-5,12,16H,6-10H2,1-2H3. The Morgan fingerprint density at radius 1 is 1.43 bits per heavy atom. The smallest absolute Gasteiger partial charge is 0.285 e. The molecule has 0 aliphatic carbocycles. The molecule has 0 saturated carbocycles. The van der Waals surface area contributed by atoms with Crippen molar-refractivity contribution in [1.29, 1.82) is 0 Å². The summed E-state index contributed by atoms with van der Waals surface area (Å²) in [7, 11) is 1.72. The lowest BCUT2D eigenvalue weighted by atomic mass is 9.97. The number of nitrogens with zero attached hydrogens (tertiary/aromatic N) is 2. The number of nitro benzene ring substituents is 1. The normalized spacial score (nSPS) is 15.7. The summed E-state index contributed by atoms with van der Waals surface area (Å²) in [5, 5.41) is 14.5. The summed E-state index contributed by atoms with van der Waals surface area (Å²) in [6.45, 7) is 4.24. The number of nitro groups is 1. The van der Waals surface area contributed by atoms with Crippen LogP contribution in [0.1, 0.15) is 28.8 Å². The second-order valence-electron chi connectivity index (χ2n) is 5.61. The van der Waals surface area contributed by atoms with Crippen LogP contribution in [0.4, 0.5) is 5.69 Å². The Balaban J connectivity index is 2.15. The first kappa shape index (κ1) is 15.4. The van der Waals surface area contributed by atoms with Crippen molar-refractivity contribution in [3.8, 4) is 0 Å². The number of nitrogens with one attached hydrogen (secondary N) is 1. The molecule has 21 heavy (non-hydrogen) atoms. The van der Waals surface area contributed by atoms with Crippen LogP contribution in [0, 0.1) is 23.0 Å². The average Bonchev–Trinajstić information content (AvgIpc) is 2.46. The van der Waals surface area contributed by atoms with E-state index >= 15 is 0 Å². The SMILES string of the molecule is Cc1cccc(C(=O)N(C)CC2CCNCC2)c1[N+](=O)[O-]. The van der Waals surface area contributed by atoms with Gasteiger partial charge in [-0.3, -0.25) is 14.9 Å². The highest BCUT2D eigenvalue weighted by Crippen LogP contribution is 2.24. The quantitative estimate of drug-likeness (QED) is 0.680. The van der Waals surface area contributed by atoms with Crippen LogP contribution in [-0.2, 0) is 0 Å². The number of aryl methyl sites for hydroxylation is 1. The molecule has 1 aromatic carbocycles. The lowest BCUT2D eigenvalue weighted by Crippen LogP contribution is -2.37. The van der Waals surface area contributed by atoms with E-state index in [0.29, 0.717) is 18.0 Å². The summed E-state index contributed by atoms with van der Waals surface area (Å²) in [4.78, 5) is 24.8. The third-order valence-electron chi connectivity index (χ3n) is 3.99. The Hall–Kier alpha value is -1.95. The maximum absolute atomic E-state index is 12.5. The van der Waals surface area contributed by atoms with Crippen molar-refractivity contribution in [1.82, 2.24) is 10.2 Å². The van der Waals surface area contributed by atoms with E-state index < -0.39 is 4.92 Å². The third-order valence-corrected chi connectivity index (χ3v) is 3.99. The van der Waals surface area contributed by atoms with Crippen molar-refractivity contribution in [3.63, 3.8) is 0 Å². The first-order chi connectivity index (χ1) is 10.0. The molecule has 1 aromatic rings. The lowest BCUT2D eigenvalue weighted by Gasteiger charge is -2.27. The van der Waals surface area contributed by atoms with Crippen molar-refractivity contribution in [3.05, 3.63) is 39.4 Å². The van der Waals surface area contributed by atoms with Gasteiger partial charge in [-0.15, -0.1) is 0 Å². The van der Waals surface area contributed by atoms with E-state index in [9.17, 15) is 14.9 Å². The first-order valence-electron chi connectivity index (χ1n) is 7.21. The van der Waals surface area contributed by atoms with Gasteiger partial charge in [0, 0.05) is 19.2 Å². The molecule has 1 heterocycles. The molecular weight excluding hydrogens is 270 g/mol. The highest BCUT2D eigenvalue weighted by molar-refractivity contribution is 5.98. The van der Waals surface area contributed by atoms with E-state index in [1.54, 1.807) is 31.0 Å². The molecule has 0 bridgehead atoms. The topological polar surface area (TPSA) is 75.5 Å². The summed E-state index contributed by atoms with van der Waals surface area (Å²) >= 11 is 0. The molecule has 1 N–H and O–H groups in total. The van der Waals surface area contributed by atoms with Crippen molar-refractivity contribution in [2.75, 3.05) is 26.7 Å². The Morgan fingerprint density at radius 2 is 2.10 bits per heavy atom. The maximum Gasteiger partial charge on any atom is 0.285 e. The Kier molecular flexibility index (Phi) is 4.90. The number of carbonyl (C=O) groups is 1. The monoisotopic (exact) mass is 291 g/mol. The molecule has 6 heteroatoms. The van der Waals surface area contributed by atoms with Crippen molar-refractivity contribution in [2.24, 2.45) is 5.92 Å². The van der Waals surface area contributed by atoms with Gasteiger partial charge in [-0.05, 0) is 44.8 Å². The van der Waals surface area contributed by atoms with Gasteiger partial charge in [-0.1, -0.05) is 12.1 Å². The van der Waals surface area contributed by atoms with Gasteiger partial charge >= 0.3 is 0 Å². The molecule has 0 spiro atoms. The predicted octanol–water partition coefficient (Wildman–Crippen LogP) is 1.97. The van der Waals surface area contributed by atoms with E-state index in [-0.39, 0.29) is 17.2 Å². The van der Waals surface area contributed by atoms with Gasteiger partial charge in [0.1, 0.15) is 5.56 Å². The minimum atomic E-state index is -0.471. The number of carbonyl (C=O) groups excluding carboxylic acids is 1. The van der Waals surface area contributed by atoms with Gasteiger partial charge < -0.3 is 10.2 Å². The highest BCUT2D eigenvalue weighted by Gasteiger charge is 2.26. The number of rotatable bonds is 4. The van der Waals surface area contributed by atoms with Gasteiger partial charge in [0.25, 0.3) is 11.6 Å². The molecule has 114 valence electrons. The summed E-state index contributed by atoms with van der Waals surface area (Å²) in [5.41, 5.74) is 0.609. The molecule has 0 radical (unpaired) electrons. The second kappa shape index (κ2) is 6.67. The number of para-hydroxylation sites is 1. The molecule has 0 atom stereocenters. The summed E-state index contributed by atoms with van der Waals surface area (Å²) in [5.74, 6) is 0.188. The van der Waals surface area contributed by atoms with Crippen LogP contribution >= 0.6 is 0 Å². The van der Waals surface area contributed by atoms with Gasteiger partial charge in [0.05, 0.1) is 4.92 Å². The minimum absolute atomic E-state index is 0.0836. The Labute approximate surface area is 124 Å². The van der Waals surface area contributed by atoms with Crippen LogP contribution in [0.15, 0.2) is 18.2 Å². The third kappa shape index (κ3) is 3.58. The summed E-state index contributed by atoms with van der Waals surface area (Å²) < 4.78 is 0. The van der Waals surface area contributed by atoms with E-state index in [1.807, 2.05) is 0 Å². The highest BCUT2D eigenvalue weighted by atomic mass is 16.6. The van der Waals surface area contributed by atoms with Crippen LogP contribution in [-0.4, -0.2) is 42.4 Å². The van der Waals surface area contributed by atoms with Crippen molar-refractivity contribution in [2.45, 2.75) is 19.8 Å². The van der Waals surface area contributed by atoms with Gasteiger partial charge in [-0.2, -0.15) is 0 Å². The molecule has 0 unspecified atom stereocenters. The zero-order chi connectivity index (χ0) is 15.4. The number of piperidine rings is 1. The fourth-order valence-corrected chi connectivity index (χ4v) is 2.81. The van der Waals surface area contributed by atoms with E-state index in [2.05, 4.69) is 5.32 Å². The molecule has 6 nitrogen and oxygen atoms in total. The van der Waals surface area contributed by atoms with Crippen LogP contribution in [0.5, 0.6) is 0 Å². The fraction of sp³-hybridized carbons (Fsp3) is 0.533. The van der Waals surface area contributed by atoms with E-state index in [1.165, 1.54) is 6.07 Å². The molecule has 1 aliphatic rings. The molecule has 1 fully saturated rings. The van der Waals surface area contributed by atoms with E-state index in [4.69, 9.17) is 0 Å². The van der Waals surface area contributed by atoms with Gasteiger partial charge in [-0.25, -0.2) is 0 Å². The van der Waals surface area contributed by atoms with E-state index in [0.717, 1.165) is 25.9 Å². The summed E-state index contributed by atoms with van der Waals surface area (Å²) in [6, 6.07) is 4.88. The molecule has 1 saturated heterocycles. The van der Waals surface area contributed by atoms with Crippen LogP contribution in [0.2, 0.25) is 0 Å². The number of hydrogen-bond donors (Lipinski definition) is 1. The lowest BCUT2D eigenvalue weighted by molar-refractivity contribution is -0.385. The average molecular weight is 291 g/mol. The van der Waals surface area contributed by atoms with Crippen LogP contribution in [0.3, 0.4) is 0 Å². The number of amides is 1. The maximum atomic E-state index is 12.5. The van der Waals surface area contributed by atoms with Crippen molar-refractivity contribution >= 4 is 11.6 Å². The van der Waals surface area contributed by atoms with Crippen LogP contribution < -0.4 is 5.32 Å². The van der Waals surface area contributed by atoms with Gasteiger partial charge in [0.15, 0.2) is 0 Å². The largest absolute Gasteiger partial charge is 0.341 e. The zero-order valence-corrected chi connectivity index (χ0v) is 12.5. The van der Waals surface area contributed by atoms with Crippen molar-refractivity contribution < 1.29 is 9.72 Å².